The molecule has 0 saturated heterocycles. The second kappa shape index (κ2) is 10.4. The largest absolute Gasteiger partial charge is 0.495 e. The van der Waals surface area contributed by atoms with Gasteiger partial charge in [-0.25, -0.2) is 15.0 Å². The molecular formula is C24H23N5O5S. The molecule has 1 aliphatic carbocycles. The summed E-state index contributed by atoms with van der Waals surface area (Å²) in [5.41, 5.74) is 2.41. The third-order valence-corrected chi connectivity index (χ3v) is 6.43. The molecule has 1 aromatic heterocycles. The Morgan fingerprint density at radius 1 is 1.17 bits per heavy atom. The SMILES string of the molecule is COC1=C(C)C=CC(C2=NN(C(=O)c3ccc(NC(=O)c4ccncn4)cc3)CCC2)C1=S(=O)=O. The molecule has 4 rings (SSSR count). The summed E-state index contributed by atoms with van der Waals surface area (Å²) in [7, 11) is -1.08. The van der Waals surface area contributed by atoms with Crippen LogP contribution < -0.4 is 5.32 Å². The number of hydrazone groups is 1. The zero-order valence-electron chi connectivity index (χ0n) is 19.1. The lowest BCUT2D eigenvalue weighted by Crippen LogP contribution is -2.37. The van der Waals surface area contributed by atoms with Crippen LogP contribution in [0, 0.1) is 5.92 Å². The van der Waals surface area contributed by atoms with E-state index in [9.17, 15) is 18.0 Å². The molecule has 2 aromatic rings. The van der Waals surface area contributed by atoms with Crippen LogP contribution in [-0.2, 0) is 15.0 Å². The van der Waals surface area contributed by atoms with Crippen LogP contribution in [0.4, 0.5) is 5.69 Å². The van der Waals surface area contributed by atoms with Gasteiger partial charge in [0.1, 0.15) is 22.6 Å². The van der Waals surface area contributed by atoms with E-state index in [-0.39, 0.29) is 22.4 Å². The van der Waals surface area contributed by atoms with Gasteiger partial charge in [-0.05, 0) is 55.7 Å². The standard InChI is InChI=1S/C24H23N5O5S/c1-15-5-10-18(22(35(32)33)21(15)34-2)19-4-3-13-29(28-19)24(31)16-6-8-17(9-7-16)27-23(30)20-11-12-25-14-26-20/h5-12,14,18H,3-4,13H2,1-2H3,(H,27,30). The molecular weight excluding hydrogens is 470 g/mol. The number of aromatic nitrogens is 2. The van der Waals surface area contributed by atoms with E-state index in [0.717, 1.165) is 0 Å². The van der Waals surface area contributed by atoms with Crippen molar-refractivity contribution in [2.24, 2.45) is 11.0 Å². The Morgan fingerprint density at radius 3 is 2.60 bits per heavy atom. The van der Waals surface area contributed by atoms with Crippen molar-refractivity contribution in [2.45, 2.75) is 19.8 Å². The first kappa shape index (κ1) is 24.0. The third kappa shape index (κ3) is 5.19. The molecule has 1 atom stereocenters. The Labute approximate surface area is 203 Å². The molecule has 1 aliphatic heterocycles. The maximum absolute atomic E-state index is 13.1. The van der Waals surface area contributed by atoms with Gasteiger partial charge in [0.2, 0.25) is 10.3 Å². The summed E-state index contributed by atoms with van der Waals surface area (Å²) in [6.45, 7) is 2.18. The van der Waals surface area contributed by atoms with Gasteiger partial charge in [0.15, 0.2) is 0 Å². The normalized spacial score (nSPS) is 17.7. The Bertz CT molecular complexity index is 1370. The molecule has 2 heterocycles. The Balaban J connectivity index is 1.52. The molecule has 0 saturated carbocycles. The van der Waals surface area contributed by atoms with Crippen LogP contribution in [-0.4, -0.2) is 59.4 Å². The predicted octanol–water partition coefficient (Wildman–Crippen LogP) is 2.48. The maximum Gasteiger partial charge on any atom is 0.274 e. The summed E-state index contributed by atoms with van der Waals surface area (Å²) in [5, 5.41) is 8.58. The molecule has 10 nitrogen and oxygen atoms in total. The van der Waals surface area contributed by atoms with Crippen LogP contribution in [0.3, 0.4) is 0 Å². The highest BCUT2D eigenvalue weighted by atomic mass is 32.2. The number of hydrogen-bond donors (Lipinski definition) is 1. The monoisotopic (exact) mass is 493 g/mol. The van der Waals surface area contributed by atoms with Gasteiger partial charge < -0.3 is 10.1 Å². The van der Waals surface area contributed by atoms with Gasteiger partial charge in [-0.2, -0.15) is 13.5 Å². The number of hydrogen-bond acceptors (Lipinski definition) is 8. The zero-order chi connectivity index (χ0) is 24.9. The van der Waals surface area contributed by atoms with E-state index in [1.807, 2.05) is 0 Å². The highest BCUT2D eigenvalue weighted by molar-refractivity contribution is 7.73. The van der Waals surface area contributed by atoms with Gasteiger partial charge >= 0.3 is 0 Å². The molecule has 0 spiro atoms. The molecule has 11 heteroatoms. The second-order valence-electron chi connectivity index (χ2n) is 7.90. The fourth-order valence-electron chi connectivity index (χ4n) is 3.94. The Morgan fingerprint density at radius 2 is 1.94 bits per heavy atom. The highest BCUT2D eigenvalue weighted by Crippen LogP contribution is 2.26. The number of ether oxygens (including phenoxy) is 1. The first-order chi connectivity index (χ1) is 16.9. The van der Waals surface area contributed by atoms with Gasteiger partial charge in [-0.1, -0.05) is 12.2 Å². The number of nitrogens with one attached hydrogen (secondary N) is 1. The van der Waals surface area contributed by atoms with Crippen LogP contribution in [0.5, 0.6) is 0 Å². The minimum atomic E-state index is -2.51. The molecule has 1 unspecified atom stereocenters. The quantitative estimate of drug-likeness (QED) is 0.633. The van der Waals surface area contributed by atoms with Crippen molar-refractivity contribution in [3.63, 3.8) is 0 Å². The number of amides is 2. The summed E-state index contributed by atoms with van der Waals surface area (Å²) in [6.07, 6.45) is 7.54. The van der Waals surface area contributed by atoms with E-state index in [4.69, 9.17) is 4.74 Å². The average Bonchev–Trinajstić information content (AvgIpc) is 2.89. The lowest BCUT2D eigenvalue weighted by atomic mass is 9.88. The summed E-state index contributed by atoms with van der Waals surface area (Å²) in [4.78, 5) is 33.2. The number of carbonyl (C=O) groups excluding carboxylic acids is 2. The van der Waals surface area contributed by atoms with Crippen molar-refractivity contribution < 1.29 is 22.7 Å². The average molecular weight is 494 g/mol. The molecule has 2 aliphatic rings. The summed E-state index contributed by atoms with van der Waals surface area (Å²) < 4.78 is 29.3. The van der Waals surface area contributed by atoms with Gasteiger partial charge in [-0.3, -0.25) is 9.59 Å². The Kier molecular flexibility index (Phi) is 7.16. The summed E-state index contributed by atoms with van der Waals surface area (Å²) in [6, 6.07) is 7.94. The number of carbonyl (C=O) groups is 2. The van der Waals surface area contributed by atoms with Crippen LogP contribution in [0.2, 0.25) is 0 Å². The van der Waals surface area contributed by atoms with E-state index in [1.165, 1.54) is 30.7 Å². The van der Waals surface area contributed by atoms with Gasteiger partial charge in [-0.15, -0.1) is 0 Å². The topological polar surface area (TPSA) is 131 Å². The lowest BCUT2D eigenvalue weighted by molar-refractivity contribution is 0.0750. The number of methoxy groups -OCH3 is 1. The number of anilines is 1. The van der Waals surface area contributed by atoms with Crippen LogP contribution in [0.1, 0.15) is 40.6 Å². The number of rotatable bonds is 5. The smallest absolute Gasteiger partial charge is 0.274 e. The molecule has 0 fully saturated rings. The van der Waals surface area contributed by atoms with Crippen molar-refractivity contribution in [2.75, 3.05) is 19.0 Å². The maximum atomic E-state index is 13.1. The second-order valence-corrected chi connectivity index (χ2v) is 8.81. The van der Waals surface area contributed by atoms with Gasteiger partial charge in [0, 0.05) is 24.0 Å². The molecule has 1 aromatic carbocycles. The van der Waals surface area contributed by atoms with Crippen molar-refractivity contribution in [1.82, 2.24) is 15.0 Å². The van der Waals surface area contributed by atoms with Crippen molar-refractivity contribution in [1.29, 1.82) is 0 Å². The minimum absolute atomic E-state index is 0.115. The fourth-order valence-corrected chi connectivity index (χ4v) is 4.76. The zero-order valence-corrected chi connectivity index (χ0v) is 19.9. The van der Waals surface area contributed by atoms with Crippen molar-refractivity contribution in [3.05, 3.63) is 77.6 Å². The van der Waals surface area contributed by atoms with E-state index < -0.39 is 16.2 Å². The van der Waals surface area contributed by atoms with Gasteiger partial charge in [0.05, 0.1) is 18.7 Å². The number of benzene rings is 1. The number of nitrogens with zero attached hydrogens (tertiary/aromatic N) is 4. The Hall–Kier alpha value is -4.12. The van der Waals surface area contributed by atoms with E-state index >= 15 is 0 Å². The van der Waals surface area contributed by atoms with Crippen LogP contribution in [0.25, 0.3) is 0 Å². The molecule has 0 bridgehead atoms. The fraction of sp³-hybridized carbons (Fsp3) is 0.250. The minimum Gasteiger partial charge on any atom is -0.495 e. The summed E-state index contributed by atoms with van der Waals surface area (Å²) >= 11 is 0. The van der Waals surface area contributed by atoms with Crippen LogP contribution in [0.15, 0.2) is 71.4 Å². The number of allylic oxidation sites excluding steroid dienone is 4. The van der Waals surface area contributed by atoms with Crippen molar-refractivity contribution in [3.8, 4) is 0 Å². The molecule has 0 radical (unpaired) electrons. The predicted molar refractivity (Wildman–Crippen MR) is 130 cm³/mol. The van der Waals surface area contributed by atoms with E-state index in [1.54, 1.807) is 43.3 Å². The lowest BCUT2D eigenvalue weighted by Gasteiger charge is -2.28. The molecule has 180 valence electrons. The third-order valence-electron chi connectivity index (χ3n) is 5.64. The van der Waals surface area contributed by atoms with Crippen LogP contribution >= 0.6 is 0 Å². The first-order valence-corrected chi connectivity index (χ1v) is 11.9. The van der Waals surface area contributed by atoms with E-state index in [0.29, 0.717) is 47.7 Å². The van der Waals surface area contributed by atoms with Crippen molar-refractivity contribution >= 4 is 38.4 Å². The highest BCUT2D eigenvalue weighted by Gasteiger charge is 2.32. The summed E-state index contributed by atoms with van der Waals surface area (Å²) in [5.74, 6) is -1.00. The first-order valence-electron chi connectivity index (χ1n) is 10.8. The molecule has 35 heavy (non-hydrogen) atoms. The molecule has 2 amide bonds. The molecule has 1 N–H and O–H groups in total. The van der Waals surface area contributed by atoms with Gasteiger partial charge in [0.25, 0.3) is 11.8 Å². The van der Waals surface area contributed by atoms with E-state index in [2.05, 4.69) is 20.4 Å².